The molecule has 1 aromatic heterocycles. The van der Waals surface area contributed by atoms with Gasteiger partial charge in [0.25, 0.3) is 10.0 Å². The van der Waals surface area contributed by atoms with Crippen LogP contribution in [0.1, 0.15) is 21.3 Å². The number of thiazole rings is 1. The molecule has 1 N–H and O–H groups in total. The predicted molar refractivity (Wildman–Crippen MR) is 123 cm³/mol. The number of nitriles is 1. The number of hydrogen-bond donors (Lipinski definition) is 1. The fraction of sp³-hybridized carbons (Fsp3) is 0.0870. The highest BCUT2D eigenvalue weighted by atomic mass is 32.2. The first-order chi connectivity index (χ1) is 15.4. The maximum atomic E-state index is 13.1. The van der Waals surface area contributed by atoms with Gasteiger partial charge in [-0.05, 0) is 48.5 Å². The number of ether oxygens (including phenoxy) is 1. The summed E-state index contributed by atoms with van der Waals surface area (Å²) in [6.07, 6.45) is 0. The molecule has 0 bridgehead atoms. The van der Waals surface area contributed by atoms with Crippen LogP contribution >= 0.6 is 11.3 Å². The van der Waals surface area contributed by atoms with Crippen LogP contribution in [0.5, 0.6) is 5.75 Å². The summed E-state index contributed by atoms with van der Waals surface area (Å²) in [6, 6.07) is 21.4. The Labute approximate surface area is 189 Å². The Hall–Kier alpha value is -3.74. The van der Waals surface area contributed by atoms with E-state index < -0.39 is 21.7 Å². The monoisotopic (exact) mass is 463 g/mol. The average molecular weight is 464 g/mol. The van der Waals surface area contributed by atoms with Gasteiger partial charge in [0.15, 0.2) is 11.7 Å². The van der Waals surface area contributed by atoms with Gasteiger partial charge in [0.1, 0.15) is 10.8 Å². The van der Waals surface area contributed by atoms with Crippen LogP contribution in [0.4, 0.5) is 5.69 Å². The fourth-order valence-electron chi connectivity index (χ4n) is 3.10. The third kappa shape index (κ3) is 4.32. The summed E-state index contributed by atoms with van der Waals surface area (Å²) in [5.74, 6) is -1.04. The summed E-state index contributed by atoms with van der Waals surface area (Å²) in [4.78, 5) is 17.4. The van der Waals surface area contributed by atoms with Gasteiger partial charge in [-0.1, -0.05) is 24.3 Å². The number of Topliss-reactive ketones (excluding diaryl/α,β-unsaturated/α-hetero) is 1. The van der Waals surface area contributed by atoms with Crippen LogP contribution < -0.4 is 9.46 Å². The molecule has 0 saturated carbocycles. The SMILES string of the molecule is COc1ccc(NS(=O)(=O)c2cccc(C(=O)[C@@H](C#N)c3nc4ccccc4s3)c2)cc1. The topological polar surface area (TPSA) is 109 Å². The van der Waals surface area contributed by atoms with Crippen molar-refractivity contribution in [2.75, 3.05) is 11.8 Å². The van der Waals surface area contributed by atoms with E-state index in [1.165, 1.54) is 42.7 Å². The van der Waals surface area contributed by atoms with Gasteiger partial charge < -0.3 is 4.74 Å². The number of carbonyl (C=O) groups excluding carboxylic acids is 1. The van der Waals surface area contributed by atoms with Crippen molar-refractivity contribution < 1.29 is 17.9 Å². The molecule has 32 heavy (non-hydrogen) atoms. The van der Waals surface area contributed by atoms with E-state index in [9.17, 15) is 18.5 Å². The number of aromatic nitrogens is 1. The van der Waals surface area contributed by atoms with Crippen LogP contribution in [0.2, 0.25) is 0 Å². The zero-order valence-electron chi connectivity index (χ0n) is 16.8. The molecule has 7 nitrogen and oxygen atoms in total. The van der Waals surface area contributed by atoms with Crippen molar-refractivity contribution in [1.82, 2.24) is 4.98 Å². The Morgan fingerprint density at radius 2 is 1.84 bits per heavy atom. The highest BCUT2D eigenvalue weighted by molar-refractivity contribution is 7.92. The molecular weight excluding hydrogens is 446 g/mol. The molecule has 160 valence electrons. The highest BCUT2D eigenvalue weighted by Gasteiger charge is 2.26. The Bertz CT molecular complexity index is 1410. The molecule has 0 unspecified atom stereocenters. The van der Waals surface area contributed by atoms with Gasteiger partial charge in [0.2, 0.25) is 0 Å². The molecule has 0 amide bonds. The summed E-state index contributed by atoms with van der Waals surface area (Å²) >= 11 is 1.27. The molecule has 0 spiro atoms. The molecule has 0 fully saturated rings. The van der Waals surface area contributed by atoms with Gasteiger partial charge in [-0.15, -0.1) is 11.3 Å². The lowest BCUT2D eigenvalue weighted by Crippen LogP contribution is -2.15. The molecule has 3 aromatic carbocycles. The second-order valence-corrected chi connectivity index (χ2v) is 9.55. The van der Waals surface area contributed by atoms with Crippen LogP contribution in [0.3, 0.4) is 0 Å². The maximum absolute atomic E-state index is 13.1. The summed E-state index contributed by atoms with van der Waals surface area (Å²) < 4.78 is 34.1. The minimum Gasteiger partial charge on any atom is -0.497 e. The van der Waals surface area contributed by atoms with Crippen LogP contribution in [0.15, 0.2) is 77.7 Å². The van der Waals surface area contributed by atoms with Gasteiger partial charge in [0, 0.05) is 11.3 Å². The van der Waals surface area contributed by atoms with Gasteiger partial charge in [-0.3, -0.25) is 9.52 Å². The Morgan fingerprint density at radius 1 is 1.09 bits per heavy atom. The van der Waals surface area contributed by atoms with Crippen molar-refractivity contribution in [2.24, 2.45) is 0 Å². The third-order valence-corrected chi connectivity index (χ3v) is 7.20. The number of sulfonamides is 1. The van der Waals surface area contributed by atoms with E-state index in [4.69, 9.17) is 4.74 Å². The number of rotatable bonds is 7. The molecule has 4 aromatic rings. The standard InChI is InChI=1S/C23H17N3O4S2/c1-30-17-11-9-16(10-12-17)26-32(28,29)18-6-4-5-15(13-18)22(27)19(14-24)23-25-20-7-2-3-8-21(20)31-23/h2-13,19,26H,1H3/t19-/m1/s1. The minimum atomic E-state index is -3.95. The Morgan fingerprint density at radius 3 is 2.53 bits per heavy atom. The number of nitrogens with zero attached hydrogens (tertiary/aromatic N) is 2. The van der Waals surface area contributed by atoms with Crippen LogP contribution in [-0.2, 0) is 10.0 Å². The number of ketones is 1. The van der Waals surface area contributed by atoms with Crippen LogP contribution in [0, 0.1) is 11.3 Å². The molecule has 0 saturated heterocycles. The van der Waals surface area contributed by atoms with Crippen molar-refractivity contribution >= 4 is 43.0 Å². The summed E-state index contributed by atoms with van der Waals surface area (Å²) in [6.45, 7) is 0. The maximum Gasteiger partial charge on any atom is 0.261 e. The molecular formula is C23H17N3O4S2. The second kappa shape index (κ2) is 8.78. The zero-order valence-corrected chi connectivity index (χ0v) is 18.5. The number of benzene rings is 3. The molecule has 1 atom stereocenters. The number of hydrogen-bond acceptors (Lipinski definition) is 7. The second-order valence-electron chi connectivity index (χ2n) is 6.81. The number of fused-ring (bicyclic) bond motifs is 1. The van der Waals surface area contributed by atoms with Crippen molar-refractivity contribution in [1.29, 1.82) is 5.26 Å². The van der Waals surface area contributed by atoms with Gasteiger partial charge in [-0.25, -0.2) is 13.4 Å². The van der Waals surface area contributed by atoms with Crippen LogP contribution in [0.25, 0.3) is 10.2 Å². The van der Waals surface area contributed by atoms with Gasteiger partial charge >= 0.3 is 0 Å². The van der Waals surface area contributed by atoms with E-state index >= 15 is 0 Å². The normalized spacial score (nSPS) is 12.1. The molecule has 0 aliphatic heterocycles. The van der Waals surface area contributed by atoms with E-state index in [2.05, 4.69) is 9.71 Å². The largest absolute Gasteiger partial charge is 0.497 e. The number of anilines is 1. The third-order valence-electron chi connectivity index (χ3n) is 4.72. The quantitative estimate of drug-likeness (QED) is 0.401. The zero-order chi connectivity index (χ0) is 22.7. The minimum absolute atomic E-state index is 0.0832. The fourth-order valence-corrected chi connectivity index (χ4v) is 5.21. The average Bonchev–Trinajstić information content (AvgIpc) is 3.23. The van der Waals surface area contributed by atoms with Gasteiger partial charge in [-0.2, -0.15) is 5.26 Å². The first kappa shape index (κ1) is 21.5. The van der Waals surface area contributed by atoms with Crippen molar-refractivity contribution in [3.63, 3.8) is 0 Å². The number of carbonyl (C=O) groups is 1. The molecule has 9 heteroatoms. The molecule has 4 rings (SSSR count). The smallest absolute Gasteiger partial charge is 0.261 e. The first-order valence-electron chi connectivity index (χ1n) is 9.47. The number of nitrogens with one attached hydrogen (secondary N) is 1. The number of methoxy groups -OCH3 is 1. The summed E-state index contributed by atoms with van der Waals surface area (Å²) in [5.41, 5.74) is 1.18. The Balaban J connectivity index is 1.61. The van der Waals surface area contributed by atoms with Crippen LogP contribution in [-0.4, -0.2) is 26.3 Å². The van der Waals surface area contributed by atoms with E-state index in [0.717, 1.165) is 4.70 Å². The molecule has 0 aliphatic carbocycles. The van der Waals surface area contributed by atoms with E-state index in [1.807, 2.05) is 30.3 Å². The number of para-hydroxylation sites is 1. The summed E-state index contributed by atoms with van der Waals surface area (Å²) in [7, 11) is -2.43. The Kier molecular flexibility index (Phi) is 5.90. The lowest BCUT2D eigenvalue weighted by atomic mass is 9.99. The van der Waals surface area contributed by atoms with Crippen molar-refractivity contribution in [3.8, 4) is 11.8 Å². The predicted octanol–water partition coefficient (Wildman–Crippen LogP) is 4.60. The lowest BCUT2D eigenvalue weighted by molar-refractivity contribution is 0.0978. The van der Waals surface area contributed by atoms with Crippen molar-refractivity contribution in [3.05, 3.63) is 83.4 Å². The van der Waals surface area contributed by atoms with E-state index in [1.54, 1.807) is 24.3 Å². The first-order valence-corrected chi connectivity index (χ1v) is 11.8. The van der Waals surface area contributed by atoms with E-state index in [0.29, 0.717) is 22.0 Å². The van der Waals surface area contributed by atoms with Crippen molar-refractivity contribution in [2.45, 2.75) is 10.8 Å². The highest BCUT2D eigenvalue weighted by Crippen LogP contribution is 2.30. The molecule has 0 aliphatic rings. The molecule has 1 heterocycles. The molecule has 0 radical (unpaired) electrons. The lowest BCUT2D eigenvalue weighted by Gasteiger charge is -2.11. The van der Waals surface area contributed by atoms with Gasteiger partial charge in [0.05, 0.1) is 28.3 Å². The summed E-state index contributed by atoms with van der Waals surface area (Å²) in [5, 5.41) is 10.0. The van der Waals surface area contributed by atoms with E-state index in [-0.39, 0.29) is 10.5 Å².